The molecule has 2 aliphatic rings. The molecule has 2 fully saturated rings. The van der Waals surface area contributed by atoms with E-state index < -0.39 is 0 Å². The monoisotopic (exact) mass is 380 g/mol. The number of urea groups is 2. The molecule has 2 N–H and O–H groups in total. The lowest BCUT2D eigenvalue weighted by molar-refractivity contribution is -0.0642. The molecule has 0 saturated carbocycles. The minimum Gasteiger partial charge on any atom is -0.367 e. The van der Waals surface area contributed by atoms with Crippen LogP contribution < -0.4 is 15.5 Å². The van der Waals surface area contributed by atoms with Gasteiger partial charge in [-0.3, -0.25) is 4.90 Å². The van der Waals surface area contributed by atoms with Gasteiger partial charge in [-0.1, -0.05) is 36.4 Å². The molecule has 4 rings (SSSR count). The van der Waals surface area contributed by atoms with Gasteiger partial charge in [-0.25, -0.2) is 9.59 Å². The van der Waals surface area contributed by atoms with Crippen LogP contribution >= 0.6 is 0 Å². The molecule has 7 nitrogen and oxygen atoms in total. The molecule has 146 valence electrons. The minimum absolute atomic E-state index is 0.0515. The number of hydrogen-bond acceptors (Lipinski definition) is 3. The van der Waals surface area contributed by atoms with Crippen LogP contribution in [-0.4, -0.2) is 49.2 Å². The molecule has 2 aliphatic heterocycles. The highest BCUT2D eigenvalue weighted by Gasteiger charge is 2.29. The van der Waals surface area contributed by atoms with Crippen LogP contribution in [0.4, 0.5) is 21.0 Å². The summed E-state index contributed by atoms with van der Waals surface area (Å²) in [6.07, 6.45) is -0.195. The summed E-state index contributed by atoms with van der Waals surface area (Å²) in [6.45, 7) is 4.25. The second-order valence-corrected chi connectivity index (χ2v) is 7.12. The van der Waals surface area contributed by atoms with Gasteiger partial charge in [-0.05, 0) is 30.7 Å². The fourth-order valence-corrected chi connectivity index (χ4v) is 3.64. The highest BCUT2D eigenvalue weighted by Crippen LogP contribution is 2.26. The van der Waals surface area contributed by atoms with Crippen LogP contribution in [0.5, 0.6) is 0 Å². The van der Waals surface area contributed by atoms with E-state index in [0.29, 0.717) is 31.9 Å². The van der Waals surface area contributed by atoms with Gasteiger partial charge in [-0.2, -0.15) is 0 Å². The average Bonchev–Trinajstić information content (AvgIpc) is 3.14. The van der Waals surface area contributed by atoms with Gasteiger partial charge in [0.25, 0.3) is 0 Å². The summed E-state index contributed by atoms with van der Waals surface area (Å²) in [7, 11) is 0. The molecule has 2 heterocycles. The molecule has 0 bridgehead atoms. The van der Waals surface area contributed by atoms with Gasteiger partial charge in [0.15, 0.2) is 0 Å². The van der Waals surface area contributed by atoms with Crippen LogP contribution in [0.25, 0.3) is 0 Å². The van der Waals surface area contributed by atoms with E-state index in [1.165, 1.54) is 0 Å². The first-order valence-electron chi connectivity index (χ1n) is 9.52. The Morgan fingerprint density at radius 2 is 1.96 bits per heavy atom. The maximum absolute atomic E-state index is 12.9. The van der Waals surface area contributed by atoms with Crippen molar-refractivity contribution in [1.29, 1.82) is 0 Å². The Bertz CT molecular complexity index is 858. The standard InChI is InChI=1S/C21H24N4O3/c1-15-13-24(14-19(28-15)16-6-3-2-4-7-16)21(27)23-17-8-5-9-18(12-17)25-11-10-22-20(25)26/h2-9,12,15,19H,10-11,13-14H2,1H3,(H,22,26)(H,23,27). The minimum atomic E-state index is -0.167. The molecule has 2 aromatic rings. The van der Waals surface area contributed by atoms with Crippen LogP contribution in [0, 0.1) is 0 Å². The van der Waals surface area contributed by atoms with Crippen LogP contribution in [0.3, 0.4) is 0 Å². The van der Waals surface area contributed by atoms with Crippen molar-refractivity contribution in [3.63, 3.8) is 0 Å². The number of morpholine rings is 1. The van der Waals surface area contributed by atoms with Crippen molar-refractivity contribution in [2.45, 2.75) is 19.1 Å². The lowest BCUT2D eigenvalue weighted by Gasteiger charge is -2.37. The molecule has 2 aromatic carbocycles. The number of hydrogen-bond donors (Lipinski definition) is 2. The fourth-order valence-electron chi connectivity index (χ4n) is 3.64. The molecule has 2 saturated heterocycles. The van der Waals surface area contributed by atoms with Crippen LogP contribution in [0.2, 0.25) is 0 Å². The molecule has 0 radical (unpaired) electrons. The summed E-state index contributed by atoms with van der Waals surface area (Å²) in [4.78, 5) is 28.2. The first-order valence-corrected chi connectivity index (χ1v) is 9.52. The summed E-state index contributed by atoms with van der Waals surface area (Å²) in [5.41, 5.74) is 2.50. The Kier molecular flexibility index (Phi) is 5.16. The van der Waals surface area contributed by atoms with Crippen molar-refractivity contribution in [1.82, 2.24) is 10.2 Å². The highest BCUT2D eigenvalue weighted by atomic mass is 16.5. The zero-order valence-electron chi connectivity index (χ0n) is 15.8. The smallest absolute Gasteiger partial charge is 0.322 e. The summed E-state index contributed by atoms with van der Waals surface area (Å²) in [6, 6.07) is 17.0. The molecule has 7 heteroatoms. The second-order valence-electron chi connectivity index (χ2n) is 7.12. The van der Waals surface area contributed by atoms with Crippen molar-refractivity contribution in [2.75, 3.05) is 36.4 Å². The third kappa shape index (κ3) is 3.94. The Balaban J connectivity index is 1.45. The summed E-state index contributed by atoms with van der Waals surface area (Å²) >= 11 is 0. The summed E-state index contributed by atoms with van der Waals surface area (Å²) in [5.74, 6) is 0. The molecule has 2 atom stereocenters. The first kappa shape index (κ1) is 18.3. The van der Waals surface area contributed by atoms with E-state index in [4.69, 9.17) is 4.74 Å². The normalized spacial score (nSPS) is 22.1. The van der Waals surface area contributed by atoms with Crippen LogP contribution in [0.1, 0.15) is 18.6 Å². The predicted molar refractivity (Wildman–Crippen MR) is 108 cm³/mol. The van der Waals surface area contributed by atoms with E-state index in [9.17, 15) is 9.59 Å². The van der Waals surface area contributed by atoms with Gasteiger partial charge in [0.1, 0.15) is 6.10 Å². The fraction of sp³-hybridized carbons (Fsp3) is 0.333. The van der Waals surface area contributed by atoms with Crippen molar-refractivity contribution >= 4 is 23.4 Å². The number of nitrogens with one attached hydrogen (secondary N) is 2. The van der Waals surface area contributed by atoms with Crippen molar-refractivity contribution in [2.24, 2.45) is 0 Å². The maximum atomic E-state index is 12.9. The SMILES string of the molecule is CC1CN(C(=O)Nc2cccc(N3CCNC3=O)c2)CC(c2ccccc2)O1. The molecule has 0 spiro atoms. The molecule has 2 unspecified atom stereocenters. The first-order chi connectivity index (χ1) is 13.6. The van der Waals surface area contributed by atoms with Gasteiger partial charge in [-0.15, -0.1) is 0 Å². The number of carbonyl (C=O) groups is 2. The molecule has 28 heavy (non-hydrogen) atoms. The Morgan fingerprint density at radius 3 is 2.71 bits per heavy atom. The van der Waals surface area contributed by atoms with Gasteiger partial charge in [0, 0.05) is 31.0 Å². The molecule has 4 amide bonds. The molecule has 0 aliphatic carbocycles. The third-order valence-corrected chi connectivity index (χ3v) is 4.98. The largest absolute Gasteiger partial charge is 0.367 e. The van der Waals surface area contributed by atoms with Crippen LogP contribution in [0.15, 0.2) is 54.6 Å². The summed E-state index contributed by atoms with van der Waals surface area (Å²) < 4.78 is 6.03. The third-order valence-electron chi connectivity index (χ3n) is 4.98. The molecular formula is C21H24N4O3. The van der Waals surface area contributed by atoms with Gasteiger partial charge >= 0.3 is 12.1 Å². The average molecular weight is 380 g/mol. The van der Waals surface area contributed by atoms with Crippen LogP contribution in [-0.2, 0) is 4.74 Å². The maximum Gasteiger partial charge on any atom is 0.322 e. The van der Waals surface area contributed by atoms with E-state index in [1.54, 1.807) is 9.80 Å². The zero-order valence-corrected chi connectivity index (χ0v) is 15.8. The number of carbonyl (C=O) groups excluding carboxylic acids is 2. The topological polar surface area (TPSA) is 73.9 Å². The number of nitrogens with zero attached hydrogens (tertiary/aromatic N) is 2. The van der Waals surface area contributed by atoms with E-state index in [0.717, 1.165) is 11.3 Å². The number of ether oxygens (including phenoxy) is 1. The van der Waals surface area contributed by atoms with Crippen molar-refractivity contribution < 1.29 is 14.3 Å². The number of anilines is 2. The Hall–Kier alpha value is -3.06. The lowest BCUT2D eigenvalue weighted by atomic mass is 10.1. The number of benzene rings is 2. The van der Waals surface area contributed by atoms with Gasteiger partial charge in [0.2, 0.25) is 0 Å². The highest BCUT2D eigenvalue weighted by molar-refractivity contribution is 5.95. The Morgan fingerprint density at radius 1 is 1.14 bits per heavy atom. The van der Waals surface area contributed by atoms with Crippen molar-refractivity contribution in [3.8, 4) is 0 Å². The molecular weight excluding hydrogens is 356 g/mol. The lowest BCUT2D eigenvalue weighted by Crippen LogP contribution is -2.47. The van der Waals surface area contributed by atoms with E-state index in [2.05, 4.69) is 10.6 Å². The molecule has 0 aromatic heterocycles. The quantitative estimate of drug-likeness (QED) is 0.859. The number of amides is 4. The zero-order chi connectivity index (χ0) is 19.5. The van der Waals surface area contributed by atoms with Gasteiger partial charge < -0.3 is 20.3 Å². The van der Waals surface area contributed by atoms with E-state index >= 15 is 0 Å². The van der Waals surface area contributed by atoms with Crippen molar-refractivity contribution in [3.05, 3.63) is 60.2 Å². The second kappa shape index (κ2) is 7.90. The summed E-state index contributed by atoms with van der Waals surface area (Å²) in [5, 5.41) is 5.74. The number of rotatable bonds is 3. The predicted octanol–water partition coefficient (Wildman–Crippen LogP) is 3.21. The van der Waals surface area contributed by atoms with Gasteiger partial charge in [0.05, 0.1) is 12.6 Å². The van der Waals surface area contributed by atoms with E-state index in [-0.39, 0.29) is 24.3 Å². The Labute approximate surface area is 164 Å². The van der Waals surface area contributed by atoms with E-state index in [1.807, 2.05) is 61.5 Å².